The lowest BCUT2D eigenvalue weighted by atomic mass is 9.78. The van der Waals surface area contributed by atoms with Crippen LogP contribution < -0.4 is 4.90 Å². The third kappa shape index (κ3) is 2.18. The lowest BCUT2D eigenvalue weighted by Gasteiger charge is -2.61. The summed E-state index contributed by atoms with van der Waals surface area (Å²) in [5, 5.41) is 18.9. The Morgan fingerprint density at radius 1 is 1.13 bits per heavy atom. The van der Waals surface area contributed by atoms with Crippen molar-refractivity contribution >= 4 is 5.82 Å². The molecule has 23 heavy (non-hydrogen) atoms. The molecule has 2 aromatic rings. The second-order valence-corrected chi connectivity index (χ2v) is 7.00. The van der Waals surface area contributed by atoms with Crippen LogP contribution >= 0.6 is 0 Å². The minimum atomic E-state index is 0.267. The molecule has 1 spiro atoms. The van der Waals surface area contributed by atoms with Gasteiger partial charge in [0.05, 0.1) is 11.2 Å². The van der Waals surface area contributed by atoms with Crippen molar-refractivity contribution in [3.63, 3.8) is 0 Å². The summed E-state index contributed by atoms with van der Waals surface area (Å²) < 4.78 is 0. The van der Waals surface area contributed by atoms with E-state index in [-0.39, 0.29) is 5.75 Å². The summed E-state index contributed by atoms with van der Waals surface area (Å²) in [6.07, 6.45) is 1.28. The number of benzene rings is 1. The number of anilines is 1. The van der Waals surface area contributed by atoms with Gasteiger partial charge < -0.3 is 10.0 Å². The van der Waals surface area contributed by atoms with Gasteiger partial charge in [-0.2, -0.15) is 0 Å². The van der Waals surface area contributed by atoms with Crippen LogP contribution in [0.5, 0.6) is 5.75 Å². The van der Waals surface area contributed by atoms with E-state index in [0.717, 1.165) is 41.3 Å². The highest BCUT2D eigenvalue weighted by Gasteiger charge is 2.51. The van der Waals surface area contributed by atoms with Gasteiger partial charge >= 0.3 is 0 Å². The van der Waals surface area contributed by atoms with E-state index in [9.17, 15) is 5.11 Å². The summed E-state index contributed by atoms with van der Waals surface area (Å²) in [6.45, 7) is 7.23. The molecule has 0 radical (unpaired) electrons. The molecule has 0 amide bonds. The molecular formula is C18H22N4O. The molecule has 1 N–H and O–H groups in total. The van der Waals surface area contributed by atoms with Crippen LogP contribution in [-0.4, -0.2) is 52.4 Å². The molecule has 2 saturated heterocycles. The predicted molar refractivity (Wildman–Crippen MR) is 90.8 cm³/mol. The quantitative estimate of drug-likeness (QED) is 0.923. The number of phenols is 1. The van der Waals surface area contributed by atoms with Crippen LogP contribution in [0.1, 0.15) is 17.5 Å². The molecule has 3 heterocycles. The first-order valence-corrected chi connectivity index (χ1v) is 8.09. The molecule has 5 nitrogen and oxygen atoms in total. The number of aromatic nitrogens is 2. The minimum Gasteiger partial charge on any atom is -0.507 e. The van der Waals surface area contributed by atoms with Crippen molar-refractivity contribution in [2.45, 2.75) is 25.8 Å². The van der Waals surface area contributed by atoms with E-state index in [0.29, 0.717) is 5.54 Å². The zero-order valence-electron chi connectivity index (χ0n) is 13.9. The normalized spacial score (nSPS) is 19.5. The van der Waals surface area contributed by atoms with Gasteiger partial charge in [0, 0.05) is 25.2 Å². The average Bonchev–Trinajstić information content (AvgIpc) is 2.45. The molecular weight excluding hydrogens is 288 g/mol. The molecule has 0 atom stereocenters. The molecule has 2 aliphatic heterocycles. The van der Waals surface area contributed by atoms with Crippen molar-refractivity contribution in [3.8, 4) is 17.0 Å². The molecule has 0 unspecified atom stereocenters. The Balaban J connectivity index is 1.55. The SMILES string of the molecule is Cc1cc(C)c(-c2ccc(N3CC4(CCN4C)C3)nn2)c(O)c1. The number of nitrogens with zero attached hydrogens (tertiary/aromatic N) is 4. The number of hydrogen-bond donors (Lipinski definition) is 1. The molecule has 1 aromatic heterocycles. The van der Waals surface area contributed by atoms with Crippen molar-refractivity contribution in [1.82, 2.24) is 15.1 Å². The first-order valence-electron chi connectivity index (χ1n) is 8.09. The average molecular weight is 310 g/mol. The Labute approximate surface area is 136 Å². The van der Waals surface area contributed by atoms with E-state index in [1.807, 2.05) is 26.0 Å². The number of likely N-dealkylation sites (N-methyl/N-ethyl adjacent to an activating group) is 1. The van der Waals surface area contributed by atoms with E-state index >= 15 is 0 Å². The van der Waals surface area contributed by atoms with Gasteiger partial charge in [-0.15, -0.1) is 10.2 Å². The van der Waals surface area contributed by atoms with Gasteiger partial charge in [-0.1, -0.05) is 6.07 Å². The van der Waals surface area contributed by atoms with Crippen LogP contribution in [0, 0.1) is 13.8 Å². The Morgan fingerprint density at radius 3 is 2.43 bits per heavy atom. The fourth-order valence-corrected chi connectivity index (χ4v) is 3.78. The predicted octanol–water partition coefficient (Wildman–Crippen LogP) is 2.36. The molecule has 5 heteroatoms. The highest BCUT2D eigenvalue weighted by Crippen LogP contribution is 2.39. The molecule has 0 bridgehead atoms. The Kier molecular flexibility index (Phi) is 3.10. The van der Waals surface area contributed by atoms with E-state index < -0.39 is 0 Å². The smallest absolute Gasteiger partial charge is 0.151 e. The number of rotatable bonds is 2. The maximum absolute atomic E-state index is 10.2. The standard InChI is InChI=1S/C18H22N4O/c1-12-8-13(2)17(15(23)9-12)14-4-5-16(20-19-14)22-10-18(11-22)6-7-21(18)3/h4-5,8-9,23H,6-7,10-11H2,1-3H3. The first kappa shape index (κ1) is 14.5. The van der Waals surface area contributed by atoms with Crippen LogP contribution in [0.25, 0.3) is 11.3 Å². The van der Waals surface area contributed by atoms with Crippen molar-refractivity contribution in [2.75, 3.05) is 31.6 Å². The highest BCUT2D eigenvalue weighted by molar-refractivity contribution is 5.71. The summed E-state index contributed by atoms with van der Waals surface area (Å²) in [5.74, 6) is 1.19. The van der Waals surface area contributed by atoms with Gasteiger partial charge in [0.2, 0.25) is 0 Å². The molecule has 0 aliphatic carbocycles. The highest BCUT2D eigenvalue weighted by atomic mass is 16.3. The second kappa shape index (κ2) is 4.93. The Bertz CT molecular complexity index is 727. The molecule has 4 rings (SSSR count). The number of aryl methyl sites for hydroxylation is 2. The third-order valence-electron chi connectivity index (χ3n) is 5.38. The summed E-state index contributed by atoms with van der Waals surface area (Å²) in [7, 11) is 2.19. The lowest BCUT2D eigenvalue weighted by molar-refractivity contribution is -0.0132. The van der Waals surface area contributed by atoms with Crippen molar-refractivity contribution in [3.05, 3.63) is 35.4 Å². The largest absolute Gasteiger partial charge is 0.507 e. The number of aromatic hydroxyl groups is 1. The van der Waals surface area contributed by atoms with Crippen LogP contribution in [0.4, 0.5) is 5.82 Å². The van der Waals surface area contributed by atoms with Gasteiger partial charge in [0.1, 0.15) is 5.75 Å². The number of phenolic OH excluding ortho intramolecular Hbond substituents is 1. The maximum atomic E-state index is 10.2. The zero-order chi connectivity index (χ0) is 16.2. The van der Waals surface area contributed by atoms with Crippen LogP contribution in [0.15, 0.2) is 24.3 Å². The van der Waals surface area contributed by atoms with Gasteiger partial charge in [-0.3, -0.25) is 4.90 Å². The van der Waals surface area contributed by atoms with Crippen molar-refractivity contribution in [1.29, 1.82) is 0 Å². The minimum absolute atomic E-state index is 0.267. The summed E-state index contributed by atoms with van der Waals surface area (Å²) in [5.41, 5.74) is 3.94. The molecule has 1 aromatic carbocycles. The van der Waals surface area contributed by atoms with Crippen molar-refractivity contribution < 1.29 is 5.11 Å². The van der Waals surface area contributed by atoms with Crippen molar-refractivity contribution in [2.24, 2.45) is 0 Å². The van der Waals surface area contributed by atoms with Gasteiger partial charge in [0.15, 0.2) is 5.82 Å². The molecule has 2 fully saturated rings. The van der Waals surface area contributed by atoms with Crippen LogP contribution in [0.2, 0.25) is 0 Å². The molecule has 120 valence electrons. The summed E-state index contributed by atoms with van der Waals surface area (Å²) in [6, 6.07) is 7.78. The third-order valence-corrected chi connectivity index (χ3v) is 5.38. The second-order valence-electron chi connectivity index (χ2n) is 7.00. The fraction of sp³-hybridized carbons (Fsp3) is 0.444. The summed E-state index contributed by atoms with van der Waals surface area (Å²) in [4.78, 5) is 4.70. The lowest BCUT2D eigenvalue weighted by Crippen LogP contribution is -2.76. The van der Waals surface area contributed by atoms with E-state index in [1.54, 1.807) is 6.07 Å². The van der Waals surface area contributed by atoms with E-state index in [1.165, 1.54) is 13.0 Å². The maximum Gasteiger partial charge on any atom is 0.151 e. The summed E-state index contributed by atoms with van der Waals surface area (Å²) >= 11 is 0. The van der Waals surface area contributed by atoms with Gasteiger partial charge in [-0.25, -0.2) is 0 Å². The van der Waals surface area contributed by atoms with E-state index in [2.05, 4.69) is 33.1 Å². The first-order chi connectivity index (χ1) is 11.0. The topological polar surface area (TPSA) is 52.5 Å². The molecule has 0 saturated carbocycles. The molecule has 2 aliphatic rings. The Hall–Kier alpha value is -2.14. The van der Waals surface area contributed by atoms with E-state index in [4.69, 9.17) is 0 Å². The van der Waals surface area contributed by atoms with Crippen LogP contribution in [0.3, 0.4) is 0 Å². The number of likely N-dealkylation sites (tertiary alicyclic amines) is 1. The Morgan fingerprint density at radius 2 is 1.91 bits per heavy atom. The van der Waals surface area contributed by atoms with Gasteiger partial charge in [-0.05, 0) is 56.6 Å². The number of hydrogen-bond acceptors (Lipinski definition) is 5. The fourth-order valence-electron chi connectivity index (χ4n) is 3.78. The monoisotopic (exact) mass is 310 g/mol. The zero-order valence-corrected chi connectivity index (χ0v) is 13.9. The van der Waals surface area contributed by atoms with Gasteiger partial charge in [0.25, 0.3) is 0 Å². The van der Waals surface area contributed by atoms with Crippen LogP contribution in [-0.2, 0) is 0 Å².